The highest BCUT2D eigenvalue weighted by molar-refractivity contribution is 7.98. The van der Waals surface area contributed by atoms with E-state index >= 15 is 0 Å². The molecule has 0 saturated heterocycles. The van der Waals surface area contributed by atoms with Crippen LogP contribution < -0.4 is 5.32 Å². The van der Waals surface area contributed by atoms with Gasteiger partial charge < -0.3 is 5.32 Å². The van der Waals surface area contributed by atoms with Gasteiger partial charge in [-0.2, -0.15) is 0 Å². The Kier molecular flexibility index (Phi) is 7.28. The van der Waals surface area contributed by atoms with Crippen LogP contribution in [0.3, 0.4) is 0 Å². The van der Waals surface area contributed by atoms with Crippen LogP contribution in [-0.2, 0) is 12.3 Å². The van der Waals surface area contributed by atoms with E-state index in [9.17, 15) is 4.79 Å². The van der Waals surface area contributed by atoms with Crippen LogP contribution >= 0.6 is 35.0 Å². The summed E-state index contributed by atoms with van der Waals surface area (Å²) in [4.78, 5) is 13.0. The molecule has 5 nitrogen and oxygen atoms in total. The van der Waals surface area contributed by atoms with Gasteiger partial charge in [0.1, 0.15) is 0 Å². The fourth-order valence-electron chi connectivity index (χ4n) is 3.95. The standard InChI is InChI=1S/C28H22Cl2N4OS/c1-18-5-4-6-19(13-18)17-36-28-33-32-26(34(28)25-15-23(29)11-12-24(25)30)16-31-27(35)22-10-9-20-7-2-3-8-21(20)14-22/h2-15H,16-17H2,1H3,(H,31,35). The molecule has 0 aliphatic carbocycles. The van der Waals surface area contributed by atoms with Gasteiger partial charge in [-0.3, -0.25) is 9.36 Å². The molecule has 4 aromatic carbocycles. The molecule has 0 unspecified atom stereocenters. The van der Waals surface area contributed by atoms with Crippen LogP contribution in [0.4, 0.5) is 0 Å². The van der Waals surface area contributed by atoms with E-state index in [1.807, 2.05) is 53.1 Å². The summed E-state index contributed by atoms with van der Waals surface area (Å²) in [6.45, 7) is 2.24. The summed E-state index contributed by atoms with van der Waals surface area (Å²) in [5.74, 6) is 1.07. The quantitative estimate of drug-likeness (QED) is 0.224. The van der Waals surface area contributed by atoms with Crippen molar-refractivity contribution in [2.24, 2.45) is 0 Å². The zero-order valence-corrected chi connectivity index (χ0v) is 21.7. The smallest absolute Gasteiger partial charge is 0.251 e. The largest absolute Gasteiger partial charge is 0.345 e. The Balaban J connectivity index is 1.42. The molecule has 1 aromatic heterocycles. The lowest BCUT2D eigenvalue weighted by atomic mass is 10.1. The molecule has 0 spiro atoms. The van der Waals surface area contributed by atoms with Crippen LogP contribution in [0.1, 0.15) is 27.3 Å². The number of carbonyl (C=O) groups excluding carboxylic acids is 1. The minimum Gasteiger partial charge on any atom is -0.345 e. The van der Waals surface area contributed by atoms with Gasteiger partial charge in [0, 0.05) is 16.3 Å². The summed E-state index contributed by atoms with van der Waals surface area (Å²) in [5, 5.41) is 15.6. The zero-order valence-electron chi connectivity index (χ0n) is 19.4. The highest BCUT2D eigenvalue weighted by Crippen LogP contribution is 2.31. The molecule has 0 aliphatic rings. The van der Waals surface area contributed by atoms with E-state index in [0.717, 1.165) is 10.8 Å². The van der Waals surface area contributed by atoms with Crippen LogP contribution in [0.15, 0.2) is 90.1 Å². The number of rotatable bonds is 7. The molecule has 0 saturated carbocycles. The molecule has 0 atom stereocenters. The average Bonchev–Trinajstić information content (AvgIpc) is 3.29. The van der Waals surface area contributed by atoms with Crippen LogP contribution in [0.2, 0.25) is 10.0 Å². The summed E-state index contributed by atoms with van der Waals surface area (Å²) >= 11 is 14.4. The predicted octanol–water partition coefficient (Wildman–Crippen LogP) is 7.26. The first-order valence-electron chi connectivity index (χ1n) is 11.3. The van der Waals surface area contributed by atoms with Gasteiger partial charge in [0.2, 0.25) is 0 Å². The Morgan fingerprint density at radius 2 is 1.75 bits per heavy atom. The summed E-state index contributed by atoms with van der Waals surface area (Å²) in [7, 11) is 0. The maximum atomic E-state index is 13.0. The number of aromatic nitrogens is 3. The number of benzene rings is 4. The van der Waals surface area contributed by atoms with Crippen molar-refractivity contribution in [3.05, 3.63) is 117 Å². The third-order valence-corrected chi connectivity index (χ3v) is 7.27. The van der Waals surface area contributed by atoms with E-state index in [0.29, 0.717) is 38.0 Å². The van der Waals surface area contributed by atoms with Crippen LogP contribution in [0, 0.1) is 6.92 Å². The van der Waals surface area contributed by atoms with Crippen molar-refractivity contribution in [2.45, 2.75) is 24.4 Å². The number of nitrogens with zero attached hydrogens (tertiary/aromatic N) is 3. The number of hydrogen-bond donors (Lipinski definition) is 1. The van der Waals surface area contributed by atoms with Crippen molar-refractivity contribution >= 4 is 51.6 Å². The van der Waals surface area contributed by atoms with Gasteiger partial charge in [0.15, 0.2) is 11.0 Å². The number of amides is 1. The normalized spacial score (nSPS) is 11.1. The molecule has 1 N–H and O–H groups in total. The van der Waals surface area contributed by atoms with E-state index in [4.69, 9.17) is 23.2 Å². The molecule has 5 rings (SSSR count). The number of aryl methyl sites for hydroxylation is 1. The first kappa shape index (κ1) is 24.4. The van der Waals surface area contributed by atoms with Crippen LogP contribution in [0.25, 0.3) is 16.5 Å². The maximum Gasteiger partial charge on any atom is 0.251 e. The minimum atomic E-state index is -0.193. The number of nitrogens with one attached hydrogen (secondary N) is 1. The first-order valence-corrected chi connectivity index (χ1v) is 13.1. The van der Waals surface area contributed by atoms with Gasteiger partial charge in [-0.15, -0.1) is 10.2 Å². The van der Waals surface area contributed by atoms with Crippen molar-refractivity contribution in [2.75, 3.05) is 0 Å². The second-order valence-electron chi connectivity index (χ2n) is 8.35. The number of fused-ring (bicyclic) bond motifs is 1. The first-order chi connectivity index (χ1) is 17.5. The van der Waals surface area contributed by atoms with Gasteiger partial charge >= 0.3 is 0 Å². The number of hydrogen-bond acceptors (Lipinski definition) is 4. The van der Waals surface area contributed by atoms with E-state index in [1.165, 1.54) is 11.1 Å². The molecule has 180 valence electrons. The molecule has 0 bridgehead atoms. The Labute approximate surface area is 223 Å². The molecular weight excluding hydrogens is 511 g/mol. The van der Waals surface area contributed by atoms with E-state index in [2.05, 4.69) is 40.6 Å². The highest BCUT2D eigenvalue weighted by Gasteiger charge is 2.18. The predicted molar refractivity (Wildman–Crippen MR) is 147 cm³/mol. The van der Waals surface area contributed by atoms with Gasteiger partial charge in [-0.05, 0) is 53.6 Å². The van der Waals surface area contributed by atoms with Crippen molar-refractivity contribution < 1.29 is 4.79 Å². The monoisotopic (exact) mass is 532 g/mol. The lowest BCUT2D eigenvalue weighted by molar-refractivity contribution is 0.0950. The van der Waals surface area contributed by atoms with Gasteiger partial charge in [-0.1, -0.05) is 95.1 Å². The van der Waals surface area contributed by atoms with Crippen molar-refractivity contribution in [3.8, 4) is 5.69 Å². The van der Waals surface area contributed by atoms with Gasteiger partial charge in [0.05, 0.1) is 17.3 Å². The molecule has 0 aliphatic heterocycles. The summed E-state index contributed by atoms with van der Waals surface area (Å²) < 4.78 is 1.86. The molecule has 1 amide bonds. The fourth-order valence-corrected chi connectivity index (χ4v) is 5.22. The van der Waals surface area contributed by atoms with Crippen molar-refractivity contribution in [1.82, 2.24) is 20.1 Å². The lowest BCUT2D eigenvalue weighted by Crippen LogP contribution is -2.24. The second kappa shape index (κ2) is 10.7. The van der Waals surface area contributed by atoms with Gasteiger partial charge in [0.25, 0.3) is 5.91 Å². The van der Waals surface area contributed by atoms with E-state index in [1.54, 1.807) is 30.0 Å². The van der Waals surface area contributed by atoms with Crippen LogP contribution in [0.5, 0.6) is 0 Å². The Hall–Kier alpha value is -3.32. The lowest BCUT2D eigenvalue weighted by Gasteiger charge is -2.13. The number of carbonyl (C=O) groups is 1. The SMILES string of the molecule is Cc1cccc(CSc2nnc(CNC(=O)c3ccc4ccccc4c3)n2-c2cc(Cl)ccc2Cl)c1. The van der Waals surface area contributed by atoms with Crippen molar-refractivity contribution in [1.29, 1.82) is 0 Å². The van der Waals surface area contributed by atoms with E-state index in [-0.39, 0.29) is 12.5 Å². The second-order valence-corrected chi connectivity index (χ2v) is 10.1. The number of thioether (sulfide) groups is 1. The Morgan fingerprint density at radius 3 is 2.58 bits per heavy atom. The summed E-state index contributed by atoms with van der Waals surface area (Å²) in [6, 6.07) is 27.2. The third kappa shape index (κ3) is 5.41. The Morgan fingerprint density at radius 1 is 0.917 bits per heavy atom. The number of halogens is 2. The molecule has 36 heavy (non-hydrogen) atoms. The highest BCUT2D eigenvalue weighted by atomic mass is 35.5. The fraction of sp³-hybridized carbons (Fsp3) is 0.107. The van der Waals surface area contributed by atoms with Crippen LogP contribution in [-0.4, -0.2) is 20.7 Å². The topological polar surface area (TPSA) is 59.8 Å². The summed E-state index contributed by atoms with van der Waals surface area (Å²) in [5.41, 5.74) is 3.62. The van der Waals surface area contributed by atoms with Crippen molar-refractivity contribution in [3.63, 3.8) is 0 Å². The molecule has 0 fully saturated rings. The zero-order chi connectivity index (χ0) is 25.1. The molecule has 8 heteroatoms. The average molecular weight is 533 g/mol. The molecule has 5 aromatic rings. The maximum absolute atomic E-state index is 13.0. The van der Waals surface area contributed by atoms with Gasteiger partial charge in [-0.25, -0.2) is 0 Å². The molecule has 1 heterocycles. The van der Waals surface area contributed by atoms with E-state index < -0.39 is 0 Å². The molecule has 0 radical (unpaired) electrons. The Bertz CT molecular complexity index is 1570. The molecular formula is C28H22Cl2N4OS. The minimum absolute atomic E-state index is 0.173. The third-order valence-electron chi connectivity index (χ3n) is 5.72. The summed E-state index contributed by atoms with van der Waals surface area (Å²) in [6.07, 6.45) is 0.